The van der Waals surface area contributed by atoms with Crippen molar-refractivity contribution in [3.63, 3.8) is 0 Å². The van der Waals surface area contributed by atoms with E-state index in [9.17, 15) is 8.42 Å². The summed E-state index contributed by atoms with van der Waals surface area (Å²) in [5.74, 6) is 0.536. The molecule has 1 aromatic heterocycles. The van der Waals surface area contributed by atoms with Crippen molar-refractivity contribution in [2.24, 2.45) is 0 Å². The third-order valence-corrected chi connectivity index (χ3v) is 5.16. The molecule has 0 amide bonds. The van der Waals surface area contributed by atoms with Gasteiger partial charge in [0.1, 0.15) is 10.7 Å². The quantitative estimate of drug-likeness (QED) is 0.773. The Bertz CT molecular complexity index is 713. The number of hydrogen-bond acceptors (Lipinski definition) is 4. The molecule has 0 fully saturated rings. The lowest BCUT2D eigenvalue weighted by Gasteiger charge is -2.06. The second-order valence-electron chi connectivity index (χ2n) is 4.00. The lowest BCUT2D eigenvalue weighted by Crippen LogP contribution is -2.12. The van der Waals surface area contributed by atoms with Crippen molar-refractivity contribution >= 4 is 47.6 Å². The second-order valence-corrected chi connectivity index (χ2v) is 7.28. The van der Waals surface area contributed by atoms with Crippen LogP contribution in [0.15, 0.2) is 48.8 Å². The number of furan rings is 1. The van der Waals surface area contributed by atoms with Gasteiger partial charge in [-0.15, -0.1) is 0 Å². The van der Waals surface area contributed by atoms with Crippen molar-refractivity contribution in [3.8, 4) is 0 Å². The Labute approximate surface area is 134 Å². The van der Waals surface area contributed by atoms with E-state index in [1.165, 1.54) is 6.07 Å². The highest BCUT2D eigenvalue weighted by atomic mass is 79.9. The molecule has 0 saturated heterocycles. The molecule has 5 nitrogen and oxygen atoms in total. The minimum atomic E-state index is -3.70. The van der Waals surface area contributed by atoms with E-state index in [4.69, 9.17) is 4.42 Å². The zero-order chi connectivity index (χ0) is 14.8. The van der Waals surface area contributed by atoms with Crippen molar-refractivity contribution in [2.75, 3.05) is 11.8 Å². The molecule has 0 unspecified atom stereocenters. The molecular formula is C12H12Br2N2O3S. The molecule has 20 heavy (non-hydrogen) atoms. The number of hydrogen-bond donors (Lipinski definition) is 2. The Balaban J connectivity index is 2.30. The van der Waals surface area contributed by atoms with Gasteiger partial charge < -0.3 is 9.73 Å². The van der Waals surface area contributed by atoms with Crippen molar-refractivity contribution in [2.45, 2.75) is 11.4 Å². The van der Waals surface area contributed by atoms with Gasteiger partial charge in [0.15, 0.2) is 4.67 Å². The lowest BCUT2D eigenvalue weighted by atomic mass is 10.3. The summed E-state index contributed by atoms with van der Waals surface area (Å²) in [6, 6.07) is 8.40. The molecule has 1 aromatic carbocycles. The molecule has 0 bridgehead atoms. The zero-order valence-corrected chi connectivity index (χ0v) is 14.5. The van der Waals surface area contributed by atoms with E-state index >= 15 is 0 Å². The summed E-state index contributed by atoms with van der Waals surface area (Å²) in [7, 11) is -1.94. The first-order chi connectivity index (χ1) is 9.42. The largest absolute Gasteiger partial charge is 0.451 e. The van der Waals surface area contributed by atoms with Crippen LogP contribution in [0.3, 0.4) is 0 Å². The topological polar surface area (TPSA) is 71.3 Å². The normalized spacial score (nSPS) is 11.6. The van der Waals surface area contributed by atoms with Gasteiger partial charge in [0, 0.05) is 16.2 Å². The van der Waals surface area contributed by atoms with Crippen LogP contribution >= 0.6 is 31.9 Å². The molecule has 0 spiro atoms. The van der Waals surface area contributed by atoms with E-state index in [1.54, 1.807) is 25.2 Å². The summed E-state index contributed by atoms with van der Waals surface area (Å²) >= 11 is 6.42. The van der Waals surface area contributed by atoms with E-state index in [-0.39, 0.29) is 9.56 Å². The summed E-state index contributed by atoms with van der Waals surface area (Å²) in [6.45, 7) is 0.449. The van der Waals surface area contributed by atoms with E-state index in [1.807, 2.05) is 6.07 Å². The molecule has 1 heterocycles. The van der Waals surface area contributed by atoms with Gasteiger partial charge in [-0.3, -0.25) is 4.72 Å². The van der Waals surface area contributed by atoms with Crippen molar-refractivity contribution in [1.29, 1.82) is 0 Å². The Hall–Kier alpha value is -0.830. The number of nitrogens with one attached hydrogen (secondary N) is 2. The fourth-order valence-corrected chi connectivity index (χ4v) is 4.05. The molecule has 2 aromatic rings. The molecule has 0 aliphatic rings. The summed E-state index contributed by atoms with van der Waals surface area (Å²) in [4.78, 5) is 0.0720. The molecule has 0 saturated carbocycles. The molecule has 0 aliphatic carbocycles. The standard InChI is InChI=1S/C12H12Br2N2O3S/c1-15-7-10-6-11(12(14)19-10)20(17,18)16-9-4-2-3-8(13)5-9/h2-6,15-16H,7H2,1H3. The van der Waals surface area contributed by atoms with Crippen LogP contribution in [0.4, 0.5) is 5.69 Å². The first kappa shape index (κ1) is 15.6. The highest BCUT2D eigenvalue weighted by molar-refractivity contribution is 9.10. The molecule has 108 valence electrons. The van der Waals surface area contributed by atoms with Gasteiger partial charge in [-0.25, -0.2) is 8.42 Å². The summed E-state index contributed by atoms with van der Waals surface area (Å²) < 4.78 is 33.4. The SMILES string of the molecule is CNCc1cc(S(=O)(=O)Nc2cccc(Br)c2)c(Br)o1. The average Bonchev–Trinajstić information content (AvgIpc) is 2.71. The maximum Gasteiger partial charge on any atom is 0.266 e. The Kier molecular flexibility index (Phi) is 4.90. The van der Waals surface area contributed by atoms with Crippen molar-refractivity contribution in [1.82, 2.24) is 5.32 Å². The molecule has 2 N–H and O–H groups in total. The van der Waals surface area contributed by atoms with Crippen LogP contribution in [0.1, 0.15) is 5.76 Å². The maximum atomic E-state index is 12.3. The van der Waals surface area contributed by atoms with Crippen LogP contribution in [0.25, 0.3) is 0 Å². The van der Waals surface area contributed by atoms with E-state index < -0.39 is 10.0 Å². The average molecular weight is 424 g/mol. The Morgan fingerprint density at radius 3 is 2.65 bits per heavy atom. The first-order valence-electron chi connectivity index (χ1n) is 5.63. The van der Waals surface area contributed by atoms with Gasteiger partial charge in [0.25, 0.3) is 10.0 Å². The summed E-state index contributed by atoms with van der Waals surface area (Å²) in [5, 5.41) is 2.90. The van der Waals surface area contributed by atoms with Crippen molar-refractivity contribution < 1.29 is 12.8 Å². The van der Waals surface area contributed by atoms with E-state index in [0.717, 1.165) is 4.47 Å². The third kappa shape index (κ3) is 3.63. The molecule has 0 radical (unpaired) electrons. The Morgan fingerprint density at radius 1 is 1.25 bits per heavy atom. The molecule has 8 heteroatoms. The van der Waals surface area contributed by atoms with Crippen LogP contribution < -0.4 is 10.0 Å². The number of benzene rings is 1. The minimum absolute atomic E-state index is 0.0720. The lowest BCUT2D eigenvalue weighted by molar-refractivity contribution is 0.470. The summed E-state index contributed by atoms with van der Waals surface area (Å²) in [6.07, 6.45) is 0. The van der Waals surface area contributed by atoms with Gasteiger partial charge in [-0.1, -0.05) is 22.0 Å². The second kappa shape index (κ2) is 6.30. The van der Waals surface area contributed by atoms with Crippen LogP contribution in [0, 0.1) is 0 Å². The number of halogens is 2. The van der Waals surface area contributed by atoms with Gasteiger partial charge in [0.05, 0.1) is 6.54 Å². The summed E-state index contributed by atoms with van der Waals surface area (Å²) in [5.41, 5.74) is 0.475. The minimum Gasteiger partial charge on any atom is -0.451 e. The number of anilines is 1. The van der Waals surface area contributed by atoms with Gasteiger partial charge >= 0.3 is 0 Å². The maximum absolute atomic E-state index is 12.3. The van der Waals surface area contributed by atoms with Crippen LogP contribution in [0.2, 0.25) is 0 Å². The molecule has 0 aliphatic heterocycles. The third-order valence-electron chi connectivity index (χ3n) is 2.42. The molecule has 0 atom stereocenters. The number of sulfonamides is 1. The fraction of sp³-hybridized carbons (Fsp3) is 0.167. The van der Waals surface area contributed by atoms with Crippen LogP contribution in [-0.4, -0.2) is 15.5 Å². The molecular weight excluding hydrogens is 412 g/mol. The van der Waals surface area contributed by atoms with Crippen LogP contribution in [-0.2, 0) is 16.6 Å². The van der Waals surface area contributed by atoms with Crippen LogP contribution in [0.5, 0.6) is 0 Å². The van der Waals surface area contributed by atoms with Crippen molar-refractivity contribution in [3.05, 3.63) is 45.2 Å². The van der Waals surface area contributed by atoms with E-state index in [2.05, 4.69) is 41.9 Å². The Morgan fingerprint density at radius 2 is 2.00 bits per heavy atom. The van der Waals surface area contributed by atoms with Gasteiger partial charge in [0.2, 0.25) is 0 Å². The highest BCUT2D eigenvalue weighted by Crippen LogP contribution is 2.28. The number of rotatable bonds is 5. The molecule has 2 rings (SSSR count). The van der Waals surface area contributed by atoms with Gasteiger partial charge in [-0.05, 0) is 41.2 Å². The van der Waals surface area contributed by atoms with Gasteiger partial charge in [-0.2, -0.15) is 0 Å². The predicted molar refractivity (Wildman–Crippen MR) is 84.1 cm³/mol. The smallest absolute Gasteiger partial charge is 0.266 e. The van der Waals surface area contributed by atoms with E-state index in [0.29, 0.717) is 18.0 Å². The monoisotopic (exact) mass is 422 g/mol. The first-order valence-corrected chi connectivity index (χ1v) is 8.70. The zero-order valence-electron chi connectivity index (χ0n) is 10.5. The fourth-order valence-electron chi connectivity index (χ4n) is 1.60. The predicted octanol–water partition coefficient (Wildman–Crippen LogP) is 3.32. The highest BCUT2D eigenvalue weighted by Gasteiger charge is 2.22.